The Morgan fingerprint density at radius 2 is 2.27 bits per heavy atom. The number of allylic oxidation sites excluding steroid dienone is 1. The van der Waals surface area contributed by atoms with E-state index in [1.807, 2.05) is 0 Å². The molecule has 0 spiro atoms. The first kappa shape index (κ1) is 10.1. The van der Waals surface area contributed by atoms with Gasteiger partial charge in [-0.2, -0.15) is 0 Å². The average Bonchev–Trinajstić information content (AvgIpc) is 1.99. The number of aliphatic carboxylic acids is 1. The van der Waals surface area contributed by atoms with Crippen LogP contribution in [0.2, 0.25) is 0 Å². The van der Waals surface area contributed by atoms with Gasteiger partial charge in [-0.3, -0.25) is 0 Å². The molecule has 0 aliphatic carbocycles. The summed E-state index contributed by atoms with van der Waals surface area (Å²) in [6.07, 6.45) is -0.578. The van der Waals surface area contributed by atoms with Crippen molar-refractivity contribution in [2.45, 2.75) is 19.5 Å². The summed E-state index contributed by atoms with van der Waals surface area (Å²) in [7, 11) is 0. The van der Waals surface area contributed by atoms with Crippen molar-refractivity contribution < 1.29 is 18.7 Å². The molecule has 0 radical (unpaired) electrons. The third-order valence-corrected chi connectivity index (χ3v) is 1.18. The van der Waals surface area contributed by atoms with Crippen LogP contribution in [-0.4, -0.2) is 23.9 Å². The predicted molar refractivity (Wildman–Crippen MR) is 36.9 cm³/mol. The van der Waals surface area contributed by atoms with Gasteiger partial charge in [-0.15, -0.1) is 0 Å². The van der Waals surface area contributed by atoms with Crippen LogP contribution in [0.25, 0.3) is 0 Å². The number of rotatable bonds is 4. The third-order valence-electron chi connectivity index (χ3n) is 1.18. The molecular weight excluding hydrogens is 154 g/mol. The largest absolute Gasteiger partial charge is 0.478 e. The fourth-order valence-corrected chi connectivity index (χ4v) is 0.455. The minimum absolute atomic E-state index is 0.0427. The summed E-state index contributed by atoms with van der Waals surface area (Å²) in [5.74, 6) is -1.10. The number of hydrogen-bond donors (Lipinski definition) is 1. The molecule has 0 heterocycles. The second-order valence-corrected chi connectivity index (χ2v) is 2.18. The number of halogens is 2. The van der Waals surface area contributed by atoms with Gasteiger partial charge >= 0.3 is 5.97 Å². The van der Waals surface area contributed by atoms with E-state index in [0.717, 1.165) is 0 Å². The van der Waals surface area contributed by atoms with E-state index in [1.165, 1.54) is 13.0 Å². The van der Waals surface area contributed by atoms with Crippen molar-refractivity contribution in [1.82, 2.24) is 0 Å². The quantitative estimate of drug-likeness (QED) is 0.642. The first-order valence-electron chi connectivity index (χ1n) is 3.18. The molecule has 1 N–H and O–H groups in total. The van der Waals surface area contributed by atoms with E-state index in [0.29, 0.717) is 0 Å². The summed E-state index contributed by atoms with van der Waals surface area (Å²) in [6.45, 7) is 0.274. The molecule has 4 heteroatoms. The summed E-state index contributed by atoms with van der Waals surface area (Å²) >= 11 is 0. The molecule has 0 bridgehead atoms. The van der Waals surface area contributed by atoms with Gasteiger partial charge in [0.25, 0.3) is 0 Å². The van der Waals surface area contributed by atoms with Gasteiger partial charge in [0, 0.05) is 5.57 Å². The highest BCUT2D eigenvalue weighted by molar-refractivity contribution is 5.85. The number of alkyl halides is 2. The molecule has 64 valence electrons. The highest BCUT2D eigenvalue weighted by Gasteiger charge is 2.04. The van der Waals surface area contributed by atoms with Crippen molar-refractivity contribution in [1.29, 1.82) is 0 Å². The molecule has 1 unspecified atom stereocenters. The van der Waals surface area contributed by atoms with Crippen LogP contribution in [0.1, 0.15) is 13.3 Å². The minimum Gasteiger partial charge on any atom is -0.478 e. The third kappa shape index (κ3) is 4.47. The first-order valence-corrected chi connectivity index (χ1v) is 3.18. The molecule has 0 fully saturated rings. The van der Waals surface area contributed by atoms with E-state index in [1.54, 1.807) is 0 Å². The lowest BCUT2D eigenvalue weighted by molar-refractivity contribution is -0.132. The van der Waals surface area contributed by atoms with Gasteiger partial charge in [-0.25, -0.2) is 13.6 Å². The summed E-state index contributed by atoms with van der Waals surface area (Å²) in [5, 5.41) is 8.28. The first-order chi connectivity index (χ1) is 5.07. The molecule has 0 saturated heterocycles. The molecule has 11 heavy (non-hydrogen) atoms. The van der Waals surface area contributed by atoms with Crippen molar-refractivity contribution in [2.75, 3.05) is 6.67 Å². The fraction of sp³-hybridized carbons (Fsp3) is 0.571. The number of carbonyl (C=O) groups is 1. The van der Waals surface area contributed by atoms with Gasteiger partial charge in [0.1, 0.15) is 12.8 Å². The second kappa shape index (κ2) is 4.82. The van der Waals surface area contributed by atoms with Crippen molar-refractivity contribution in [3.63, 3.8) is 0 Å². The lowest BCUT2D eigenvalue weighted by Crippen LogP contribution is -2.02. The zero-order valence-electron chi connectivity index (χ0n) is 6.18. The van der Waals surface area contributed by atoms with Gasteiger partial charge in [0.05, 0.1) is 0 Å². The van der Waals surface area contributed by atoms with Crippen LogP contribution >= 0.6 is 0 Å². The molecule has 0 aromatic carbocycles. The lowest BCUT2D eigenvalue weighted by atomic mass is 10.2. The zero-order valence-corrected chi connectivity index (χ0v) is 6.18. The molecule has 2 nitrogen and oxygen atoms in total. The summed E-state index contributed by atoms with van der Waals surface area (Å²) < 4.78 is 23.6. The SMILES string of the molecule is CC(=CCC(F)CF)C(=O)O. The Hall–Kier alpha value is -0.930. The van der Waals surface area contributed by atoms with Gasteiger partial charge < -0.3 is 5.11 Å². The maximum absolute atomic E-state index is 12.1. The lowest BCUT2D eigenvalue weighted by Gasteiger charge is -1.97. The van der Waals surface area contributed by atoms with Crippen molar-refractivity contribution in [2.24, 2.45) is 0 Å². The number of carboxylic acids is 1. The van der Waals surface area contributed by atoms with Crippen LogP contribution in [0.4, 0.5) is 8.78 Å². The average molecular weight is 164 g/mol. The van der Waals surface area contributed by atoms with Crippen LogP contribution in [0, 0.1) is 0 Å². The van der Waals surface area contributed by atoms with Gasteiger partial charge in [-0.1, -0.05) is 6.08 Å². The molecule has 0 rings (SSSR count). The van der Waals surface area contributed by atoms with Gasteiger partial charge in [0.15, 0.2) is 0 Å². The number of hydrogen-bond acceptors (Lipinski definition) is 1. The van der Waals surface area contributed by atoms with Gasteiger partial charge in [-0.05, 0) is 13.3 Å². The van der Waals surface area contributed by atoms with Crippen LogP contribution in [0.3, 0.4) is 0 Å². The van der Waals surface area contributed by atoms with E-state index in [-0.39, 0.29) is 12.0 Å². The number of carboxylic acid groups (broad SMARTS) is 1. The Balaban J connectivity index is 3.82. The monoisotopic (exact) mass is 164 g/mol. The Morgan fingerprint density at radius 1 is 1.73 bits per heavy atom. The summed E-state index contributed by atoms with van der Waals surface area (Å²) in [6, 6.07) is 0. The molecule has 1 atom stereocenters. The van der Waals surface area contributed by atoms with Crippen molar-refractivity contribution >= 4 is 5.97 Å². The standard InChI is InChI=1S/C7H10F2O2/c1-5(7(10)11)2-3-6(9)4-8/h2,6H,3-4H2,1H3,(H,10,11). The normalized spacial score (nSPS) is 14.6. The van der Waals surface area contributed by atoms with Crippen LogP contribution in [0.15, 0.2) is 11.6 Å². The van der Waals surface area contributed by atoms with Crippen LogP contribution in [0.5, 0.6) is 0 Å². The minimum atomic E-state index is -1.58. The van der Waals surface area contributed by atoms with E-state index in [4.69, 9.17) is 5.11 Å². The van der Waals surface area contributed by atoms with E-state index in [9.17, 15) is 13.6 Å². The van der Waals surface area contributed by atoms with Crippen molar-refractivity contribution in [3.05, 3.63) is 11.6 Å². The molecule has 0 aliphatic rings. The summed E-state index contributed by atoms with van der Waals surface area (Å²) in [5.41, 5.74) is 0.0427. The molecule has 0 amide bonds. The molecular formula is C7H10F2O2. The molecule has 0 aromatic rings. The highest BCUT2D eigenvalue weighted by atomic mass is 19.2. The van der Waals surface area contributed by atoms with E-state index in [2.05, 4.69) is 0 Å². The van der Waals surface area contributed by atoms with E-state index < -0.39 is 18.8 Å². The Morgan fingerprint density at radius 3 is 2.64 bits per heavy atom. The molecule has 0 aliphatic heterocycles. The van der Waals surface area contributed by atoms with E-state index >= 15 is 0 Å². The zero-order chi connectivity index (χ0) is 8.85. The predicted octanol–water partition coefficient (Wildman–Crippen LogP) is 1.72. The maximum atomic E-state index is 12.1. The van der Waals surface area contributed by atoms with Crippen LogP contribution < -0.4 is 0 Å². The Labute approximate surface area is 63.5 Å². The topological polar surface area (TPSA) is 37.3 Å². The van der Waals surface area contributed by atoms with Crippen molar-refractivity contribution in [3.8, 4) is 0 Å². The fourth-order valence-electron chi connectivity index (χ4n) is 0.455. The molecule has 0 aromatic heterocycles. The van der Waals surface area contributed by atoms with Gasteiger partial charge in [0.2, 0.25) is 0 Å². The smallest absolute Gasteiger partial charge is 0.330 e. The highest BCUT2D eigenvalue weighted by Crippen LogP contribution is 2.03. The second-order valence-electron chi connectivity index (χ2n) is 2.18. The Bertz CT molecular complexity index is 166. The Kier molecular flexibility index (Phi) is 4.41. The van der Waals surface area contributed by atoms with Crippen LogP contribution in [-0.2, 0) is 4.79 Å². The maximum Gasteiger partial charge on any atom is 0.330 e. The summed E-state index contributed by atoms with van der Waals surface area (Å²) in [4.78, 5) is 10.1. The molecule has 0 saturated carbocycles.